The number of aromatic hydroxyl groups is 1. The quantitative estimate of drug-likeness (QED) is 0.437. The first-order chi connectivity index (χ1) is 12.1. The molecule has 0 aliphatic heterocycles. The average molecular weight is 333 g/mol. The van der Waals surface area contributed by atoms with E-state index >= 15 is 0 Å². The molecule has 0 amide bonds. The van der Waals surface area contributed by atoms with E-state index in [1.165, 1.54) is 0 Å². The topological polar surface area (TPSA) is 59.4 Å². The Balaban J connectivity index is 1.83. The molecule has 5 heteroatoms. The van der Waals surface area contributed by atoms with Gasteiger partial charge in [-0.05, 0) is 36.8 Å². The van der Waals surface area contributed by atoms with Crippen LogP contribution in [0.3, 0.4) is 0 Å². The van der Waals surface area contributed by atoms with E-state index < -0.39 is 11.6 Å². The van der Waals surface area contributed by atoms with Gasteiger partial charge in [-0.3, -0.25) is 0 Å². The van der Waals surface area contributed by atoms with Crippen LogP contribution in [-0.2, 0) is 0 Å². The molecule has 0 saturated carbocycles. The number of furan rings is 1. The van der Waals surface area contributed by atoms with E-state index in [1.807, 2.05) is 25.1 Å². The number of phenols is 1. The lowest BCUT2D eigenvalue weighted by Gasteiger charge is -2.02. The van der Waals surface area contributed by atoms with Gasteiger partial charge in [-0.2, -0.15) is 0 Å². The Labute approximate surface area is 141 Å². The zero-order valence-corrected chi connectivity index (χ0v) is 13.2. The van der Waals surface area contributed by atoms with Crippen molar-refractivity contribution in [2.24, 2.45) is 0 Å². The summed E-state index contributed by atoms with van der Waals surface area (Å²) in [6.45, 7) is 1.95. The molecule has 4 nitrogen and oxygen atoms in total. The molecule has 5 aromatic rings. The highest BCUT2D eigenvalue weighted by molar-refractivity contribution is 6.07. The molecule has 1 N–H and O–H groups in total. The average Bonchev–Trinajstić information content (AvgIpc) is 3.18. The first kappa shape index (κ1) is 14.0. The van der Waals surface area contributed by atoms with Gasteiger partial charge in [0.2, 0.25) is 5.89 Å². The van der Waals surface area contributed by atoms with E-state index in [9.17, 15) is 9.50 Å². The van der Waals surface area contributed by atoms with Crippen molar-refractivity contribution in [3.05, 3.63) is 59.9 Å². The number of oxazole rings is 1. The molecule has 0 aliphatic carbocycles. The van der Waals surface area contributed by atoms with Crippen molar-refractivity contribution >= 4 is 33.0 Å². The Morgan fingerprint density at radius 1 is 0.960 bits per heavy atom. The lowest BCUT2D eigenvalue weighted by atomic mass is 10.1. The summed E-state index contributed by atoms with van der Waals surface area (Å²) < 4.78 is 26.3. The van der Waals surface area contributed by atoms with Gasteiger partial charge in [-0.25, -0.2) is 9.37 Å². The van der Waals surface area contributed by atoms with Crippen LogP contribution in [0.15, 0.2) is 57.4 Å². The summed E-state index contributed by atoms with van der Waals surface area (Å²) in [5.41, 5.74) is 3.32. The first-order valence-electron chi connectivity index (χ1n) is 7.82. The maximum Gasteiger partial charge on any atom is 0.231 e. The van der Waals surface area contributed by atoms with Crippen molar-refractivity contribution in [2.75, 3.05) is 0 Å². The summed E-state index contributed by atoms with van der Waals surface area (Å²) in [5.74, 6) is -1.09. The van der Waals surface area contributed by atoms with E-state index in [1.54, 1.807) is 30.3 Å². The molecule has 0 aliphatic rings. The molecule has 25 heavy (non-hydrogen) atoms. The highest BCUT2D eigenvalue weighted by atomic mass is 19.1. The van der Waals surface area contributed by atoms with Crippen LogP contribution < -0.4 is 0 Å². The highest BCUT2D eigenvalue weighted by Crippen LogP contribution is 2.41. The van der Waals surface area contributed by atoms with Crippen molar-refractivity contribution in [3.63, 3.8) is 0 Å². The zero-order valence-electron chi connectivity index (χ0n) is 13.2. The third-order valence-corrected chi connectivity index (χ3v) is 4.35. The second-order valence-electron chi connectivity index (χ2n) is 6.05. The Morgan fingerprint density at radius 2 is 1.80 bits per heavy atom. The lowest BCUT2D eigenvalue weighted by molar-refractivity contribution is 0.435. The molecule has 2 aromatic heterocycles. The number of phenolic OH excluding ortho intramolecular Hbond substituents is 1. The summed E-state index contributed by atoms with van der Waals surface area (Å²) in [7, 11) is 0. The molecule has 0 spiro atoms. The lowest BCUT2D eigenvalue weighted by Crippen LogP contribution is -1.85. The van der Waals surface area contributed by atoms with Crippen LogP contribution in [0, 0.1) is 12.7 Å². The third-order valence-electron chi connectivity index (χ3n) is 4.35. The van der Waals surface area contributed by atoms with E-state index in [0.717, 1.165) is 5.56 Å². The summed E-state index contributed by atoms with van der Waals surface area (Å²) in [5, 5.41) is 11.3. The Kier molecular flexibility index (Phi) is 2.71. The van der Waals surface area contributed by atoms with Gasteiger partial charge in [0.05, 0.1) is 10.9 Å². The smallest absolute Gasteiger partial charge is 0.231 e. The number of para-hydroxylation sites is 1. The number of nitrogens with zero attached hydrogens (tertiary/aromatic N) is 1. The molecule has 2 heterocycles. The van der Waals surface area contributed by atoms with Gasteiger partial charge in [-0.1, -0.05) is 24.3 Å². The number of aromatic nitrogens is 1. The fourth-order valence-electron chi connectivity index (χ4n) is 3.14. The van der Waals surface area contributed by atoms with E-state index in [-0.39, 0.29) is 16.8 Å². The molecule has 122 valence electrons. The first-order valence-corrected chi connectivity index (χ1v) is 7.82. The molecule has 0 atom stereocenters. The Bertz CT molecular complexity index is 1280. The minimum atomic E-state index is -0.740. The normalized spacial score (nSPS) is 11.8. The maximum absolute atomic E-state index is 14.8. The van der Waals surface area contributed by atoms with E-state index in [0.29, 0.717) is 27.7 Å². The van der Waals surface area contributed by atoms with Crippen molar-refractivity contribution in [1.82, 2.24) is 4.98 Å². The number of fused-ring (bicyclic) bond motifs is 4. The van der Waals surface area contributed by atoms with Crippen molar-refractivity contribution in [3.8, 4) is 17.2 Å². The number of halogens is 1. The number of benzene rings is 3. The van der Waals surface area contributed by atoms with Gasteiger partial charge < -0.3 is 13.9 Å². The number of aryl methyl sites for hydroxylation is 1. The van der Waals surface area contributed by atoms with Crippen LogP contribution >= 0.6 is 0 Å². The SMILES string of the molecule is Cc1ccc2oc(-c3cc4oc5ccccc5c4c(F)c3O)nc2c1. The monoisotopic (exact) mass is 333 g/mol. The third kappa shape index (κ3) is 1.96. The Hall–Kier alpha value is -3.34. The predicted octanol–water partition coefficient (Wildman–Crippen LogP) is 5.55. The van der Waals surface area contributed by atoms with Crippen LogP contribution in [0.4, 0.5) is 4.39 Å². The largest absolute Gasteiger partial charge is 0.504 e. The molecule has 0 radical (unpaired) electrons. The van der Waals surface area contributed by atoms with Crippen LogP contribution in [0.2, 0.25) is 0 Å². The molecule has 0 saturated heterocycles. The Morgan fingerprint density at radius 3 is 2.68 bits per heavy atom. The van der Waals surface area contributed by atoms with Crippen LogP contribution in [0.1, 0.15) is 5.56 Å². The molecule has 0 fully saturated rings. The summed E-state index contributed by atoms with van der Waals surface area (Å²) >= 11 is 0. The van der Waals surface area contributed by atoms with Crippen LogP contribution in [-0.4, -0.2) is 10.1 Å². The second kappa shape index (κ2) is 4.83. The van der Waals surface area contributed by atoms with E-state index in [4.69, 9.17) is 8.83 Å². The second-order valence-corrected chi connectivity index (χ2v) is 6.05. The van der Waals surface area contributed by atoms with Gasteiger partial charge >= 0.3 is 0 Å². The van der Waals surface area contributed by atoms with Crippen molar-refractivity contribution < 1.29 is 18.3 Å². The van der Waals surface area contributed by atoms with Crippen LogP contribution in [0.5, 0.6) is 5.75 Å². The minimum Gasteiger partial charge on any atom is -0.504 e. The molecule has 0 unspecified atom stereocenters. The van der Waals surface area contributed by atoms with Gasteiger partial charge in [0.1, 0.15) is 16.7 Å². The number of rotatable bonds is 1. The number of hydrogen-bond donors (Lipinski definition) is 1. The van der Waals surface area contributed by atoms with Gasteiger partial charge in [-0.15, -0.1) is 0 Å². The van der Waals surface area contributed by atoms with Crippen molar-refractivity contribution in [1.29, 1.82) is 0 Å². The minimum absolute atomic E-state index is 0.152. The van der Waals surface area contributed by atoms with Gasteiger partial charge in [0, 0.05) is 5.39 Å². The zero-order chi connectivity index (χ0) is 17.1. The molecular formula is C20H12FNO3. The van der Waals surface area contributed by atoms with Gasteiger partial charge in [0.25, 0.3) is 0 Å². The van der Waals surface area contributed by atoms with Crippen molar-refractivity contribution in [2.45, 2.75) is 6.92 Å². The fraction of sp³-hybridized carbons (Fsp3) is 0.0500. The van der Waals surface area contributed by atoms with Gasteiger partial charge in [0.15, 0.2) is 17.1 Å². The fourth-order valence-corrected chi connectivity index (χ4v) is 3.14. The number of hydrogen-bond acceptors (Lipinski definition) is 4. The predicted molar refractivity (Wildman–Crippen MR) is 93.1 cm³/mol. The maximum atomic E-state index is 14.8. The molecular weight excluding hydrogens is 321 g/mol. The summed E-state index contributed by atoms with van der Waals surface area (Å²) in [6, 6.07) is 14.3. The molecule has 3 aromatic carbocycles. The standard InChI is InChI=1S/C20H12FNO3/c1-10-6-7-15-13(8-10)22-20(25-15)12-9-16-17(18(21)19(12)23)11-4-2-3-5-14(11)24-16/h2-9,23H,1H3. The summed E-state index contributed by atoms with van der Waals surface area (Å²) in [4.78, 5) is 4.37. The highest BCUT2D eigenvalue weighted by Gasteiger charge is 2.22. The summed E-state index contributed by atoms with van der Waals surface area (Å²) in [6.07, 6.45) is 0. The molecule has 5 rings (SSSR count). The van der Waals surface area contributed by atoms with E-state index in [2.05, 4.69) is 4.98 Å². The molecule has 0 bridgehead atoms. The van der Waals surface area contributed by atoms with Crippen LogP contribution in [0.25, 0.3) is 44.5 Å².